The molecule has 212 valence electrons. The number of nitrogens with one attached hydrogen (secondary N) is 2. The van der Waals surface area contributed by atoms with Crippen molar-refractivity contribution in [3.05, 3.63) is 73.9 Å². The lowest BCUT2D eigenvalue weighted by Crippen LogP contribution is -2.45. The van der Waals surface area contributed by atoms with Crippen molar-refractivity contribution in [1.82, 2.24) is 14.6 Å². The molecule has 1 aliphatic rings. The summed E-state index contributed by atoms with van der Waals surface area (Å²) in [6.45, 7) is 0.815. The molecule has 0 radical (unpaired) electrons. The number of aliphatic hydroxyl groups excluding tert-OH is 2. The smallest absolute Gasteiger partial charge is 0.330 e. The molecule has 4 N–H and O–H groups in total. The van der Waals surface area contributed by atoms with Gasteiger partial charge in [0.05, 0.1) is 19.1 Å². The number of aromatic amines is 1. The average molecular weight is 585 g/mol. The molecule has 0 saturated carbocycles. The van der Waals surface area contributed by atoms with E-state index in [1.54, 1.807) is 51.1 Å². The Morgan fingerprint density at radius 1 is 1.31 bits per heavy atom. The van der Waals surface area contributed by atoms with Gasteiger partial charge in [-0.05, 0) is 50.2 Å². The minimum Gasteiger partial charge on any atom is -0.463 e. The van der Waals surface area contributed by atoms with Gasteiger partial charge in [-0.15, -0.1) is 0 Å². The van der Waals surface area contributed by atoms with E-state index in [0.29, 0.717) is 5.75 Å². The first-order chi connectivity index (χ1) is 18.4. The quantitative estimate of drug-likeness (QED) is 0.0921. The van der Waals surface area contributed by atoms with E-state index in [-0.39, 0.29) is 12.5 Å². The van der Waals surface area contributed by atoms with Gasteiger partial charge in [0.25, 0.3) is 5.56 Å². The summed E-state index contributed by atoms with van der Waals surface area (Å²) < 4.78 is 23.5. The summed E-state index contributed by atoms with van der Waals surface area (Å²) in [5.41, 5.74) is 5.35. The van der Waals surface area contributed by atoms with Crippen molar-refractivity contribution in [2.75, 3.05) is 6.61 Å². The Morgan fingerprint density at radius 2 is 2.00 bits per heavy atom. The highest BCUT2D eigenvalue weighted by atomic mass is 32.5. The van der Waals surface area contributed by atoms with Crippen molar-refractivity contribution in [3.63, 3.8) is 0 Å². The molecule has 1 aromatic heterocycles. The second-order valence-corrected chi connectivity index (χ2v) is 12.1. The fraction of sp³-hybridized carbons (Fsp3) is 0.500. The van der Waals surface area contributed by atoms with Crippen LogP contribution in [0.2, 0.25) is 0 Å². The SMILES string of the molecule is CC(CC(=O)OC(C)C)NP(=S)(OC[C@@]1(N=[N+]=[N-])O[C@@H](n2ccc(=O)[nH]c2=O)[C@H](O)[C@@H]1O)Oc1ccccc1. The number of hydrogen-bond donors (Lipinski definition) is 4. The third-order valence-corrected chi connectivity index (χ3v) is 7.90. The molecule has 39 heavy (non-hydrogen) atoms. The Labute approximate surface area is 227 Å². The normalized spacial score (nSPS) is 24.9. The summed E-state index contributed by atoms with van der Waals surface area (Å²) in [5.74, 6) is -0.155. The van der Waals surface area contributed by atoms with Crippen molar-refractivity contribution >= 4 is 24.4 Å². The van der Waals surface area contributed by atoms with E-state index >= 15 is 0 Å². The highest BCUT2D eigenvalue weighted by Gasteiger charge is 2.56. The Hall–Kier alpha value is -3.07. The zero-order chi connectivity index (χ0) is 28.8. The number of aromatic nitrogens is 2. The van der Waals surface area contributed by atoms with E-state index in [2.05, 4.69) is 15.1 Å². The molecule has 0 spiro atoms. The molecule has 1 aromatic carbocycles. The minimum absolute atomic E-state index is 0.0748. The van der Waals surface area contributed by atoms with Crippen molar-refractivity contribution in [2.24, 2.45) is 5.11 Å². The maximum Gasteiger partial charge on any atom is 0.330 e. The van der Waals surface area contributed by atoms with Crippen molar-refractivity contribution in [2.45, 2.75) is 63.5 Å². The fourth-order valence-electron chi connectivity index (χ4n) is 3.69. The molecule has 2 unspecified atom stereocenters. The van der Waals surface area contributed by atoms with Gasteiger partial charge in [0.2, 0.25) is 5.72 Å². The number of nitrogens with zero attached hydrogens (tertiary/aromatic N) is 4. The highest BCUT2D eigenvalue weighted by Crippen LogP contribution is 2.48. The average Bonchev–Trinajstić information content (AvgIpc) is 3.08. The number of H-pyrrole nitrogens is 1. The van der Waals surface area contributed by atoms with Crippen molar-refractivity contribution < 1.29 is 33.5 Å². The number of carbonyl (C=O) groups excluding carboxylic acids is 1. The molecule has 17 heteroatoms. The highest BCUT2D eigenvalue weighted by molar-refractivity contribution is 8.09. The lowest BCUT2D eigenvalue weighted by molar-refractivity contribution is -0.147. The van der Waals surface area contributed by atoms with Gasteiger partial charge in [-0.2, -0.15) is 0 Å². The topological polar surface area (TPSA) is 210 Å². The molecule has 1 saturated heterocycles. The van der Waals surface area contributed by atoms with Crippen LogP contribution in [-0.4, -0.2) is 62.4 Å². The Kier molecular flexibility index (Phi) is 10.0. The second kappa shape index (κ2) is 12.9. The number of aliphatic hydroxyl groups is 2. The van der Waals surface area contributed by atoms with E-state index in [1.165, 1.54) is 0 Å². The fourth-order valence-corrected chi connectivity index (χ4v) is 6.21. The van der Waals surface area contributed by atoms with Gasteiger partial charge < -0.3 is 28.7 Å². The van der Waals surface area contributed by atoms with Gasteiger partial charge in [0.1, 0.15) is 18.0 Å². The van der Waals surface area contributed by atoms with Crippen LogP contribution < -0.4 is 20.9 Å². The molecule has 2 heterocycles. The molecular weight excluding hydrogens is 555 g/mol. The third-order valence-electron chi connectivity index (χ3n) is 5.37. The maximum absolute atomic E-state index is 12.3. The van der Waals surface area contributed by atoms with E-state index in [1.807, 2.05) is 4.98 Å². The monoisotopic (exact) mass is 584 g/mol. The van der Waals surface area contributed by atoms with Crippen LogP contribution in [0.25, 0.3) is 10.4 Å². The minimum atomic E-state index is -3.56. The zero-order valence-electron chi connectivity index (χ0n) is 21.2. The number of esters is 1. The molecule has 0 amide bonds. The summed E-state index contributed by atoms with van der Waals surface area (Å²) in [7, 11) is 0. The lowest BCUT2D eigenvalue weighted by atomic mass is 10.1. The predicted molar refractivity (Wildman–Crippen MR) is 141 cm³/mol. The summed E-state index contributed by atoms with van der Waals surface area (Å²) in [6, 6.07) is 8.83. The summed E-state index contributed by atoms with van der Waals surface area (Å²) in [6.07, 6.45) is -4.54. The number of azide groups is 1. The van der Waals surface area contributed by atoms with E-state index in [0.717, 1.165) is 16.8 Å². The lowest BCUT2D eigenvalue weighted by Gasteiger charge is -2.32. The zero-order valence-corrected chi connectivity index (χ0v) is 22.9. The first-order valence-electron chi connectivity index (χ1n) is 11.8. The van der Waals surface area contributed by atoms with Crippen molar-refractivity contribution in [1.29, 1.82) is 0 Å². The Bertz CT molecular complexity index is 1370. The third kappa shape index (κ3) is 7.75. The summed E-state index contributed by atoms with van der Waals surface area (Å²) >= 11 is 5.67. The van der Waals surface area contributed by atoms with Crippen LogP contribution in [0.3, 0.4) is 0 Å². The van der Waals surface area contributed by atoms with E-state index in [9.17, 15) is 30.1 Å². The number of carbonyl (C=O) groups is 1. The number of para-hydroxylation sites is 1. The molecule has 3 rings (SSSR count). The van der Waals surface area contributed by atoms with Crippen LogP contribution in [0, 0.1) is 0 Å². The molecule has 6 atom stereocenters. The maximum atomic E-state index is 12.3. The van der Waals surface area contributed by atoms with E-state index < -0.39 is 60.7 Å². The van der Waals surface area contributed by atoms with Gasteiger partial charge in [-0.1, -0.05) is 23.3 Å². The molecule has 2 aromatic rings. The van der Waals surface area contributed by atoms with Crippen LogP contribution in [-0.2, 0) is 30.6 Å². The predicted octanol–water partition coefficient (Wildman–Crippen LogP) is 1.43. The van der Waals surface area contributed by atoms with Crippen molar-refractivity contribution in [3.8, 4) is 5.75 Å². The Morgan fingerprint density at radius 3 is 2.62 bits per heavy atom. The van der Waals surface area contributed by atoms with Crippen LogP contribution in [0.15, 0.2) is 57.3 Å². The number of rotatable bonds is 12. The van der Waals surface area contributed by atoms with Crippen LogP contribution in [0.5, 0.6) is 5.75 Å². The molecular formula is C22H29N6O9PS. The number of hydrogen-bond acceptors (Lipinski definition) is 11. The van der Waals surface area contributed by atoms with E-state index in [4.69, 9.17) is 30.3 Å². The molecule has 1 aliphatic heterocycles. The molecule has 15 nitrogen and oxygen atoms in total. The van der Waals surface area contributed by atoms with Crippen LogP contribution in [0.1, 0.15) is 33.4 Å². The van der Waals surface area contributed by atoms with Gasteiger partial charge in [0.15, 0.2) is 6.23 Å². The first kappa shape index (κ1) is 30.5. The van der Waals surface area contributed by atoms with Gasteiger partial charge >= 0.3 is 18.3 Å². The first-order valence-corrected chi connectivity index (χ1v) is 14.4. The van der Waals surface area contributed by atoms with Gasteiger partial charge in [-0.25, -0.2) is 9.88 Å². The molecule has 0 aliphatic carbocycles. The number of benzene rings is 1. The summed E-state index contributed by atoms with van der Waals surface area (Å²) in [4.78, 5) is 40.6. The van der Waals surface area contributed by atoms with Crippen LogP contribution in [0.4, 0.5) is 0 Å². The van der Waals surface area contributed by atoms with Gasteiger partial charge in [-0.3, -0.25) is 19.1 Å². The summed E-state index contributed by atoms with van der Waals surface area (Å²) in [5, 5.41) is 28.0. The second-order valence-electron chi connectivity index (χ2n) is 8.94. The van der Waals surface area contributed by atoms with Crippen LogP contribution >= 0.6 is 6.64 Å². The number of ether oxygens (including phenoxy) is 2. The van der Waals surface area contributed by atoms with Gasteiger partial charge in [0, 0.05) is 23.2 Å². The molecule has 1 fully saturated rings. The standard InChI is InChI=1S/C22H29N6O9PS/c1-13(2)35-17(30)11-14(3)25-38(39,37-15-7-5-4-6-8-15)34-12-22(26-27-23)19(32)18(31)20(36-22)28-10-9-16(29)24-21(28)33/h4-10,13-14,18-20,31-32H,11-12H2,1-3H3,(H,25,39)(H,24,29,33)/t14?,18-,19+,20-,22-,38?/m1/s1. The largest absolute Gasteiger partial charge is 0.463 e. The Balaban J connectivity index is 1.87. The molecule has 0 bridgehead atoms.